The lowest BCUT2D eigenvalue weighted by molar-refractivity contribution is 0.0932. The molecule has 0 saturated heterocycles. The SMILES string of the molecule is CN(C)C(CNC(=O)c1cncn1-c1ccccc1)c1ccco1. The molecule has 1 unspecified atom stereocenters. The molecule has 2 heterocycles. The fourth-order valence-corrected chi connectivity index (χ4v) is 2.56. The molecule has 24 heavy (non-hydrogen) atoms. The Morgan fingerprint density at radius 1 is 1.25 bits per heavy atom. The second kappa shape index (κ2) is 7.14. The Hall–Kier alpha value is -2.86. The molecule has 1 aromatic carbocycles. The van der Waals surface area contributed by atoms with Gasteiger partial charge in [0.2, 0.25) is 0 Å². The first-order valence-corrected chi connectivity index (χ1v) is 7.72. The number of imidazole rings is 1. The summed E-state index contributed by atoms with van der Waals surface area (Å²) in [5.74, 6) is 0.645. The molecular weight excluding hydrogens is 304 g/mol. The largest absolute Gasteiger partial charge is 0.468 e. The number of carbonyl (C=O) groups excluding carboxylic acids is 1. The minimum Gasteiger partial charge on any atom is -0.468 e. The van der Waals surface area contributed by atoms with E-state index in [1.165, 1.54) is 0 Å². The minimum absolute atomic E-state index is 0.0305. The highest BCUT2D eigenvalue weighted by molar-refractivity contribution is 5.93. The molecule has 0 saturated carbocycles. The van der Waals surface area contributed by atoms with Crippen molar-refractivity contribution in [2.75, 3.05) is 20.6 Å². The molecule has 6 heteroatoms. The van der Waals surface area contributed by atoms with Crippen molar-refractivity contribution < 1.29 is 9.21 Å². The molecule has 0 aliphatic heterocycles. The number of likely N-dealkylation sites (N-methyl/N-ethyl adjacent to an activating group) is 1. The number of hydrogen-bond acceptors (Lipinski definition) is 4. The van der Waals surface area contributed by atoms with Crippen LogP contribution in [0.3, 0.4) is 0 Å². The molecule has 1 amide bonds. The van der Waals surface area contributed by atoms with Crippen LogP contribution in [0.5, 0.6) is 0 Å². The summed E-state index contributed by atoms with van der Waals surface area (Å²) in [5.41, 5.74) is 1.40. The van der Waals surface area contributed by atoms with Crippen LogP contribution < -0.4 is 5.32 Å². The molecule has 1 atom stereocenters. The zero-order valence-electron chi connectivity index (χ0n) is 13.7. The molecule has 6 nitrogen and oxygen atoms in total. The number of furan rings is 1. The first-order valence-electron chi connectivity index (χ1n) is 7.72. The number of nitrogens with zero attached hydrogens (tertiary/aromatic N) is 3. The predicted molar refractivity (Wildman–Crippen MR) is 91.0 cm³/mol. The Bertz CT molecular complexity index is 778. The number of rotatable bonds is 6. The van der Waals surface area contributed by atoms with Crippen LogP contribution in [0.1, 0.15) is 22.3 Å². The van der Waals surface area contributed by atoms with Gasteiger partial charge in [0.25, 0.3) is 5.91 Å². The molecule has 2 aromatic heterocycles. The van der Waals surface area contributed by atoms with Crippen molar-refractivity contribution >= 4 is 5.91 Å². The maximum absolute atomic E-state index is 12.6. The maximum atomic E-state index is 12.6. The lowest BCUT2D eigenvalue weighted by atomic mass is 10.2. The minimum atomic E-state index is -0.172. The summed E-state index contributed by atoms with van der Waals surface area (Å²) < 4.78 is 7.23. The molecule has 0 aliphatic carbocycles. The summed E-state index contributed by atoms with van der Waals surface area (Å²) in [6.07, 6.45) is 4.85. The van der Waals surface area contributed by atoms with E-state index in [2.05, 4.69) is 10.3 Å². The summed E-state index contributed by atoms with van der Waals surface area (Å²) in [4.78, 5) is 18.7. The summed E-state index contributed by atoms with van der Waals surface area (Å²) in [5, 5.41) is 2.96. The van der Waals surface area contributed by atoms with E-state index in [1.54, 1.807) is 23.4 Å². The van der Waals surface area contributed by atoms with Gasteiger partial charge in [-0.3, -0.25) is 14.3 Å². The van der Waals surface area contributed by atoms with Crippen LogP contribution in [0.2, 0.25) is 0 Å². The van der Waals surface area contributed by atoms with Crippen LogP contribution >= 0.6 is 0 Å². The van der Waals surface area contributed by atoms with Crippen LogP contribution in [-0.4, -0.2) is 41.0 Å². The monoisotopic (exact) mass is 324 g/mol. The summed E-state index contributed by atoms with van der Waals surface area (Å²) in [7, 11) is 3.90. The third-order valence-electron chi connectivity index (χ3n) is 3.86. The summed E-state index contributed by atoms with van der Waals surface area (Å²) in [6.45, 7) is 0.444. The highest BCUT2D eigenvalue weighted by Gasteiger charge is 2.19. The molecule has 0 spiro atoms. The Labute approximate surface area is 140 Å². The first-order chi connectivity index (χ1) is 11.7. The van der Waals surface area contributed by atoms with E-state index in [-0.39, 0.29) is 11.9 Å². The third kappa shape index (κ3) is 3.38. The van der Waals surface area contributed by atoms with Gasteiger partial charge in [-0.05, 0) is 38.4 Å². The van der Waals surface area contributed by atoms with E-state index < -0.39 is 0 Å². The van der Waals surface area contributed by atoms with Gasteiger partial charge in [0, 0.05) is 12.2 Å². The van der Waals surface area contributed by atoms with E-state index in [9.17, 15) is 4.79 Å². The Kier molecular flexibility index (Phi) is 4.77. The van der Waals surface area contributed by atoms with Crippen LogP contribution in [-0.2, 0) is 0 Å². The lowest BCUT2D eigenvalue weighted by Gasteiger charge is -2.22. The number of benzene rings is 1. The predicted octanol–water partition coefficient (Wildman–Crippen LogP) is 2.50. The Balaban J connectivity index is 1.73. The van der Waals surface area contributed by atoms with Crippen LogP contribution in [0.4, 0.5) is 0 Å². The topological polar surface area (TPSA) is 63.3 Å². The molecule has 1 N–H and O–H groups in total. The van der Waals surface area contributed by atoms with E-state index in [0.29, 0.717) is 12.2 Å². The normalized spacial score (nSPS) is 12.3. The maximum Gasteiger partial charge on any atom is 0.269 e. The molecule has 0 fully saturated rings. The van der Waals surface area contributed by atoms with Crippen LogP contribution in [0.15, 0.2) is 65.7 Å². The second-order valence-electron chi connectivity index (χ2n) is 5.69. The number of aromatic nitrogens is 2. The standard InChI is InChI=1S/C18H20N4O2/c1-21(2)15(17-9-6-10-24-17)12-20-18(23)16-11-19-13-22(16)14-7-4-3-5-8-14/h3-11,13,15H,12H2,1-2H3,(H,20,23). The van der Waals surface area contributed by atoms with Gasteiger partial charge in [0.15, 0.2) is 0 Å². The van der Waals surface area contributed by atoms with Gasteiger partial charge in [-0.25, -0.2) is 4.98 Å². The number of hydrogen-bond donors (Lipinski definition) is 1. The van der Waals surface area contributed by atoms with E-state index in [1.807, 2.05) is 61.5 Å². The molecule has 3 rings (SSSR count). The number of carbonyl (C=O) groups is 1. The van der Waals surface area contributed by atoms with Crippen molar-refractivity contribution in [2.24, 2.45) is 0 Å². The quantitative estimate of drug-likeness (QED) is 0.757. The zero-order valence-corrected chi connectivity index (χ0v) is 13.7. The van der Waals surface area contributed by atoms with Crippen molar-refractivity contribution in [3.63, 3.8) is 0 Å². The van der Waals surface area contributed by atoms with Gasteiger partial charge in [0.1, 0.15) is 11.5 Å². The Morgan fingerprint density at radius 3 is 2.71 bits per heavy atom. The second-order valence-corrected chi connectivity index (χ2v) is 5.69. The average Bonchev–Trinajstić information content (AvgIpc) is 3.27. The van der Waals surface area contributed by atoms with E-state index >= 15 is 0 Å². The van der Waals surface area contributed by atoms with Crippen molar-refractivity contribution in [3.8, 4) is 5.69 Å². The van der Waals surface area contributed by atoms with Crippen molar-refractivity contribution in [1.29, 1.82) is 0 Å². The molecule has 0 aliphatic rings. The van der Waals surface area contributed by atoms with Crippen molar-refractivity contribution in [3.05, 3.63) is 72.7 Å². The highest BCUT2D eigenvalue weighted by atomic mass is 16.3. The molecular formula is C18H20N4O2. The smallest absolute Gasteiger partial charge is 0.269 e. The van der Waals surface area contributed by atoms with Gasteiger partial charge >= 0.3 is 0 Å². The lowest BCUT2D eigenvalue weighted by Crippen LogP contribution is -2.35. The molecule has 0 radical (unpaired) electrons. The first kappa shape index (κ1) is 16.0. The Morgan fingerprint density at radius 2 is 2.04 bits per heavy atom. The fraction of sp³-hybridized carbons (Fsp3) is 0.222. The van der Waals surface area contributed by atoms with Gasteiger partial charge < -0.3 is 9.73 Å². The zero-order chi connectivity index (χ0) is 16.9. The number of amides is 1. The van der Waals surface area contributed by atoms with E-state index in [4.69, 9.17) is 4.42 Å². The highest BCUT2D eigenvalue weighted by Crippen LogP contribution is 2.18. The van der Waals surface area contributed by atoms with E-state index in [0.717, 1.165) is 11.4 Å². The third-order valence-corrected chi connectivity index (χ3v) is 3.86. The van der Waals surface area contributed by atoms with Crippen molar-refractivity contribution in [2.45, 2.75) is 6.04 Å². The van der Waals surface area contributed by atoms with Crippen LogP contribution in [0.25, 0.3) is 5.69 Å². The number of nitrogens with one attached hydrogen (secondary N) is 1. The average molecular weight is 324 g/mol. The van der Waals surface area contributed by atoms with Crippen LogP contribution in [0, 0.1) is 0 Å². The number of para-hydroxylation sites is 1. The van der Waals surface area contributed by atoms with Gasteiger partial charge in [0.05, 0.1) is 24.8 Å². The summed E-state index contributed by atoms with van der Waals surface area (Å²) >= 11 is 0. The van der Waals surface area contributed by atoms with Gasteiger partial charge in [-0.15, -0.1) is 0 Å². The summed E-state index contributed by atoms with van der Waals surface area (Å²) in [6, 6.07) is 13.4. The van der Waals surface area contributed by atoms with Gasteiger partial charge in [-0.1, -0.05) is 18.2 Å². The molecule has 0 bridgehead atoms. The molecule has 3 aromatic rings. The fourth-order valence-electron chi connectivity index (χ4n) is 2.56. The van der Waals surface area contributed by atoms with Crippen molar-refractivity contribution in [1.82, 2.24) is 19.8 Å². The van der Waals surface area contributed by atoms with Gasteiger partial charge in [-0.2, -0.15) is 0 Å². The molecule has 124 valence electrons.